The molecule has 21 heavy (non-hydrogen) atoms. The second-order valence-corrected chi connectivity index (χ2v) is 4.34. The van der Waals surface area contributed by atoms with Crippen LogP contribution in [0.3, 0.4) is 0 Å². The third-order valence-electron chi connectivity index (χ3n) is 2.77. The minimum Gasteiger partial charge on any atom is -0.508 e. The van der Waals surface area contributed by atoms with Gasteiger partial charge in [-0.05, 0) is 41.5 Å². The highest BCUT2D eigenvalue weighted by Crippen LogP contribution is 2.37. The minimum atomic E-state index is -4.70. The second-order valence-electron chi connectivity index (χ2n) is 4.34. The molecule has 0 bridgehead atoms. The van der Waals surface area contributed by atoms with Crippen LogP contribution in [-0.2, 0) is 12.4 Å². The molecule has 0 aromatic heterocycles. The van der Waals surface area contributed by atoms with Crippen molar-refractivity contribution in [2.75, 3.05) is 0 Å². The van der Waals surface area contributed by atoms with E-state index in [4.69, 9.17) is 0 Å². The third kappa shape index (κ3) is 3.48. The summed E-state index contributed by atoms with van der Waals surface area (Å²) >= 11 is 0. The number of benzene rings is 2. The maximum Gasteiger partial charge on any atom is 0.416 e. The molecule has 1 N–H and O–H groups in total. The Hall–Kier alpha value is -2.18. The average Bonchev–Trinajstić information content (AvgIpc) is 2.36. The van der Waals surface area contributed by atoms with E-state index in [2.05, 4.69) is 0 Å². The monoisotopic (exact) mass is 306 g/mol. The van der Waals surface area contributed by atoms with E-state index in [9.17, 15) is 31.4 Å². The van der Waals surface area contributed by atoms with Gasteiger partial charge in [-0.3, -0.25) is 0 Å². The molecule has 1 nitrogen and oxygen atoms in total. The van der Waals surface area contributed by atoms with Gasteiger partial charge in [0.25, 0.3) is 0 Å². The topological polar surface area (TPSA) is 20.2 Å². The van der Waals surface area contributed by atoms with Gasteiger partial charge >= 0.3 is 12.4 Å². The molecule has 0 atom stereocenters. The predicted octanol–water partition coefficient (Wildman–Crippen LogP) is 5.10. The molecule has 2 aromatic carbocycles. The smallest absolute Gasteiger partial charge is 0.416 e. The summed E-state index contributed by atoms with van der Waals surface area (Å²) in [5, 5.41) is 9.33. The van der Waals surface area contributed by atoms with Gasteiger partial charge in [-0.2, -0.15) is 26.3 Å². The van der Waals surface area contributed by atoms with E-state index < -0.39 is 29.2 Å². The fraction of sp³-hybridized carbons (Fsp3) is 0.143. The summed E-state index contributed by atoms with van der Waals surface area (Å²) in [6, 6.07) is 6.06. The van der Waals surface area contributed by atoms with Crippen molar-refractivity contribution in [3.63, 3.8) is 0 Å². The lowest BCUT2D eigenvalue weighted by atomic mass is 10.0. The molecule has 0 saturated carbocycles. The largest absolute Gasteiger partial charge is 0.508 e. The molecule has 2 aromatic rings. The standard InChI is InChI=1S/C14H8F6O/c15-13(16,17)10-3-1-2-8(4-10)9-5-11(14(18,19)20)7-12(21)6-9/h1-7,21H. The highest BCUT2D eigenvalue weighted by Gasteiger charge is 2.32. The predicted molar refractivity (Wildman–Crippen MR) is 63.5 cm³/mol. The van der Waals surface area contributed by atoms with Gasteiger partial charge in [-0.1, -0.05) is 12.1 Å². The van der Waals surface area contributed by atoms with E-state index in [0.717, 1.165) is 24.3 Å². The fourth-order valence-corrected chi connectivity index (χ4v) is 1.82. The summed E-state index contributed by atoms with van der Waals surface area (Å²) in [4.78, 5) is 0. The zero-order chi connectivity index (χ0) is 15.8. The van der Waals surface area contributed by atoms with Crippen molar-refractivity contribution in [1.29, 1.82) is 0 Å². The average molecular weight is 306 g/mol. The van der Waals surface area contributed by atoms with Crippen LogP contribution < -0.4 is 0 Å². The van der Waals surface area contributed by atoms with Crippen molar-refractivity contribution < 1.29 is 31.4 Å². The van der Waals surface area contributed by atoms with E-state index in [-0.39, 0.29) is 11.1 Å². The SMILES string of the molecule is Oc1cc(-c2cccc(C(F)(F)F)c2)cc(C(F)(F)F)c1. The summed E-state index contributed by atoms with van der Waals surface area (Å²) < 4.78 is 75.7. The molecule has 0 radical (unpaired) electrons. The molecule has 0 spiro atoms. The Bertz CT molecular complexity index is 657. The first-order valence-corrected chi connectivity index (χ1v) is 5.66. The number of alkyl halides is 6. The highest BCUT2D eigenvalue weighted by atomic mass is 19.4. The van der Waals surface area contributed by atoms with Crippen molar-refractivity contribution in [3.8, 4) is 16.9 Å². The van der Waals surface area contributed by atoms with Gasteiger partial charge in [-0.25, -0.2) is 0 Å². The van der Waals surface area contributed by atoms with Gasteiger partial charge in [0.1, 0.15) is 5.75 Å². The van der Waals surface area contributed by atoms with Crippen LogP contribution in [-0.4, -0.2) is 5.11 Å². The zero-order valence-electron chi connectivity index (χ0n) is 10.3. The van der Waals surface area contributed by atoms with Crippen molar-refractivity contribution in [2.45, 2.75) is 12.4 Å². The number of aromatic hydroxyl groups is 1. The molecule has 0 fully saturated rings. The first-order valence-electron chi connectivity index (χ1n) is 5.66. The van der Waals surface area contributed by atoms with Crippen LogP contribution in [0.2, 0.25) is 0 Å². The van der Waals surface area contributed by atoms with Gasteiger partial charge in [0.2, 0.25) is 0 Å². The van der Waals surface area contributed by atoms with Crippen LogP contribution in [0.15, 0.2) is 42.5 Å². The van der Waals surface area contributed by atoms with Crippen LogP contribution in [0.25, 0.3) is 11.1 Å². The van der Waals surface area contributed by atoms with Crippen molar-refractivity contribution >= 4 is 0 Å². The van der Waals surface area contributed by atoms with Crippen molar-refractivity contribution in [2.24, 2.45) is 0 Å². The highest BCUT2D eigenvalue weighted by molar-refractivity contribution is 5.67. The molecule has 112 valence electrons. The molecular weight excluding hydrogens is 298 g/mol. The summed E-state index contributed by atoms with van der Waals surface area (Å²) in [6.07, 6.45) is -9.30. The number of rotatable bonds is 1. The lowest BCUT2D eigenvalue weighted by Gasteiger charge is -2.12. The van der Waals surface area contributed by atoms with E-state index in [1.165, 1.54) is 6.07 Å². The van der Waals surface area contributed by atoms with Crippen molar-refractivity contribution in [1.82, 2.24) is 0 Å². The Morgan fingerprint density at radius 3 is 1.81 bits per heavy atom. The summed E-state index contributed by atoms with van der Waals surface area (Å²) in [7, 11) is 0. The Kier molecular flexibility index (Phi) is 3.61. The van der Waals surface area contributed by atoms with Gasteiger partial charge < -0.3 is 5.11 Å². The Morgan fingerprint density at radius 2 is 1.24 bits per heavy atom. The second kappa shape index (κ2) is 4.98. The quantitative estimate of drug-likeness (QED) is 0.727. The molecule has 7 heteroatoms. The number of phenolic OH excluding ortho intramolecular Hbond substituents is 1. The molecular formula is C14H8F6O. The van der Waals surface area contributed by atoms with Crippen molar-refractivity contribution in [3.05, 3.63) is 53.6 Å². The lowest BCUT2D eigenvalue weighted by molar-refractivity contribution is -0.138. The van der Waals surface area contributed by atoms with E-state index in [1.54, 1.807) is 0 Å². The molecule has 2 rings (SSSR count). The molecule has 0 aliphatic rings. The Morgan fingerprint density at radius 1 is 0.667 bits per heavy atom. The maximum absolute atomic E-state index is 12.6. The molecule has 0 aliphatic heterocycles. The maximum atomic E-state index is 12.6. The van der Waals surface area contributed by atoms with Crippen LogP contribution in [0.4, 0.5) is 26.3 Å². The first kappa shape index (κ1) is 15.2. The lowest BCUT2D eigenvalue weighted by Crippen LogP contribution is -2.06. The van der Waals surface area contributed by atoms with Gasteiger partial charge in [0.15, 0.2) is 0 Å². The molecule has 0 unspecified atom stereocenters. The summed E-state index contributed by atoms with van der Waals surface area (Å²) in [5.41, 5.74) is -2.31. The normalized spacial score (nSPS) is 12.5. The van der Waals surface area contributed by atoms with Crippen LogP contribution in [0.1, 0.15) is 11.1 Å². The number of hydrogen-bond donors (Lipinski definition) is 1. The minimum absolute atomic E-state index is 0.0637. The van der Waals surface area contributed by atoms with Crippen LogP contribution in [0, 0.1) is 0 Å². The zero-order valence-corrected chi connectivity index (χ0v) is 10.3. The van der Waals surface area contributed by atoms with Gasteiger partial charge in [0.05, 0.1) is 11.1 Å². The van der Waals surface area contributed by atoms with E-state index in [0.29, 0.717) is 12.1 Å². The van der Waals surface area contributed by atoms with Gasteiger partial charge in [0, 0.05) is 0 Å². The third-order valence-corrected chi connectivity index (χ3v) is 2.77. The number of halogens is 6. The van der Waals surface area contributed by atoms with Crippen LogP contribution >= 0.6 is 0 Å². The molecule has 0 heterocycles. The Labute approximate surface area is 115 Å². The number of hydrogen-bond acceptors (Lipinski definition) is 1. The Balaban J connectivity index is 2.55. The first-order chi connectivity index (χ1) is 9.57. The van der Waals surface area contributed by atoms with E-state index >= 15 is 0 Å². The number of phenols is 1. The molecule has 0 saturated heterocycles. The summed E-state index contributed by atoms with van der Waals surface area (Å²) in [5.74, 6) is -0.669. The van der Waals surface area contributed by atoms with Crippen LogP contribution in [0.5, 0.6) is 5.75 Å². The van der Waals surface area contributed by atoms with Gasteiger partial charge in [-0.15, -0.1) is 0 Å². The summed E-state index contributed by atoms with van der Waals surface area (Å²) in [6.45, 7) is 0. The molecule has 0 amide bonds. The molecule has 0 aliphatic carbocycles. The fourth-order valence-electron chi connectivity index (χ4n) is 1.82. The van der Waals surface area contributed by atoms with E-state index in [1.807, 2.05) is 0 Å².